The van der Waals surface area contributed by atoms with Gasteiger partial charge in [-0.05, 0) is 38.2 Å². The van der Waals surface area contributed by atoms with Gasteiger partial charge in [0.25, 0.3) is 0 Å². The van der Waals surface area contributed by atoms with Gasteiger partial charge in [-0.1, -0.05) is 12.1 Å². The summed E-state index contributed by atoms with van der Waals surface area (Å²) in [5.74, 6) is 0.118. The number of carbonyl (C=O) groups is 4. The Hall–Kier alpha value is -4.12. The lowest BCUT2D eigenvalue weighted by Crippen LogP contribution is -2.47. The van der Waals surface area contributed by atoms with Crippen LogP contribution in [0.4, 0.5) is 21.9 Å². The molecule has 0 aliphatic carbocycles. The van der Waals surface area contributed by atoms with Crippen molar-refractivity contribution in [3.8, 4) is 11.5 Å². The second-order valence-corrected chi connectivity index (χ2v) is 8.77. The van der Waals surface area contributed by atoms with E-state index in [4.69, 9.17) is 9.47 Å². The molecule has 0 bridgehead atoms. The summed E-state index contributed by atoms with van der Waals surface area (Å²) in [5.41, 5.74) is 1.62. The van der Waals surface area contributed by atoms with Crippen LogP contribution >= 0.6 is 0 Å². The average molecular weight is 496 g/mol. The van der Waals surface area contributed by atoms with Crippen molar-refractivity contribution in [1.82, 2.24) is 10.2 Å². The summed E-state index contributed by atoms with van der Waals surface area (Å²) in [6.07, 6.45) is 0.922. The normalized spacial score (nSPS) is 16.8. The van der Waals surface area contributed by atoms with E-state index in [9.17, 15) is 19.2 Å². The maximum absolute atomic E-state index is 13.1. The number of para-hydroxylation sites is 2. The largest absolute Gasteiger partial charge is 0.490 e. The fourth-order valence-electron chi connectivity index (χ4n) is 4.15. The second kappa shape index (κ2) is 11.1. The van der Waals surface area contributed by atoms with Crippen molar-refractivity contribution < 1.29 is 28.7 Å². The molecule has 2 heterocycles. The molecule has 0 saturated heterocycles. The number of nitrogens with zero attached hydrogens (tertiary/aromatic N) is 2. The van der Waals surface area contributed by atoms with E-state index in [1.165, 1.54) is 4.90 Å². The Balaban J connectivity index is 1.31. The van der Waals surface area contributed by atoms with Gasteiger partial charge in [-0.15, -0.1) is 0 Å². The molecule has 3 N–H and O–H groups in total. The summed E-state index contributed by atoms with van der Waals surface area (Å²) in [6.45, 7) is 2.62. The van der Waals surface area contributed by atoms with Crippen LogP contribution in [0.3, 0.4) is 0 Å². The first-order chi connectivity index (χ1) is 17.3. The minimum atomic E-state index is -0.700. The van der Waals surface area contributed by atoms with Crippen LogP contribution in [0.15, 0.2) is 42.5 Å². The third kappa shape index (κ3) is 6.11. The Bertz CT molecular complexity index is 1170. The zero-order valence-electron chi connectivity index (χ0n) is 20.2. The van der Waals surface area contributed by atoms with Crippen molar-refractivity contribution in [2.24, 2.45) is 0 Å². The third-order valence-corrected chi connectivity index (χ3v) is 5.70. The van der Waals surface area contributed by atoms with Crippen LogP contribution in [-0.4, -0.2) is 68.0 Å². The molecule has 2 aliphatic heterocycles. The molecule has 190 valence electrons. The predicted molar refractivity (Wildman–Crippen MR) is 133 cm³/mol. The van der Waals surface area contributed by atoms with E-state index in [-0.39, 0.29) is 37.4 Å². The molecule has 5 amide bonds. The Morgan fingerprint density at radius 1 is 1.08 bits per heavy atom. The van der Waals surface area contributed by atoms with Gasteiger partial charge >= 0.3 is 6.03 Å². The molecule has 2 aromatic carbocycles. The average Bonchev–Trinajstić information content (AvgIpc) is 3.11. The first kappa shape index (κ1) is 25.0. The standard InChI is InChI=1S/C25H29N5O6/c1-16-12-22(31)27-18-6-3-4-7-19(18)30(16)24(33)15-29(2)14-23(32)28-25(34)26-17-8-9-20-21(13-17)36-11-5-10-35-20/h3-4,6-9,13,16H,5,10-12,14-15H2,1-2H3,(H,27,31)(H2,26,28,32,34)/t16-/m0/s1. The number of benzene rings is 2. The van der Waals surface area contributed by atoms with Gasteiger partial charge in [-0.2, -0.15) is 0 Å². The number of fused-ring (bicyclic) bond motifs is 2. The molecule has 1 atom stereocenters. The van der Waals surface area contributed by atoms with Crippen molar-refractivity contribution in [3.05, 3.63) is 42.5 Å². The number of amides is 5. The fourth-order valence-corrected chi connectivity index (χ4v) is 4.15. The topological polar surface area (TPSA) is 129 Å². The smallest absolute Gasteiger partial charge is 0.325 e. The number of ether oxygens (including phenoxy) is 2. The van der Waals surface area contributed by atoms with Crippen LogP contribution < -0.4 is 30.3 Å². The molecule has 11 nitrogen and oxygen atoms in total. The monoisotopic (exact) mass is 495 g/mol. The molecule has 0 fully saturated rings. The highest BCUT2D eigenvalue weighted by molar-refractivity contribution is 6.05. The van der Waals surface area contributed by atoms with E-state index in [1.807, 2.05) is 0 Å². The van der Waals surface area contributed by atoms with Gasteiger partial charge in [-0.3, -0.25) is 24.6 Å². The van der Waals surface area contributed by atoms with E-state index in [1.54, 1.807) is 61.3 Å². The summed E-state index contributed by atoms with van der Waals surface area (Å²) in [4.78, 5) is 53.1. The molecule has 0 aromatic heterocycles. The molecule has 36 heavy (non-hydrogen) atoms. The Morgan fingerprint density at radius 2 is 1.83 bits per heavy atom. The van der Waals surface area contributed by atoms with Gasteiger partial charge < -0.3 is 25.0 Å². The number of anilines is 3. The van der Waals surface area contributed by atoms with Gasteiger partial charge in [0.15, 0.2) is 11.5 Å². The van der Waals surface area contributed by atoms with Crippen LogP contribution in [0.25, 0.3) is 0 Å². The second-order valence-electron chi connectivity index (χ2n) is 8.77. The lowest BCUT2D eigenvalue weighted by atomic mass is 10.1. The highest BCUT2D eigenvalue weighted by Gasteiger charge is 2.30. The van der Waals surface area contributed by atoms with Crippen LogP contribution in [0.2, 0.25) is 0 Å². The third-order valence-electron chi connectivity index (χ3n) is 5.70. The molecule has 0 saturated carbocycles. The highest BCUT2D eigenvalue weighted by atomic mass is 16.5. The van der Waals surface area contributed by atoms with Gasteiger partial charge in [0, 0.05) is 30.6 Å². The predicted octanol–water partition coefficient (Wildman–Crippen LogP) is 2.19. The van der Waals surface area contributed by atoms with Crippen LogP contribution in [-0.2, 0) is 14.4 Å². The number of carbonyl (C=O) groups excluding carboxylic acids is 4. The highest BCUT2D eigenvalue weighted by Crippen LogP contribution is 2.32. The van der Waals surface area contributed by atoms with Crippen LogP contribution in [0.1, 0.15) is 19.8 Å². The number of likely N-dealkylation sites (N-methyl/N-ethyl adjacent to an activating group) is 1. The van der Waals surface area contributed by atoms with Crippen molar-refractivity contribution in [2.75, 3.05) is 48.9 Å². The number of hydrogen-bond acceptors (Lipinski definition) is 7. The van der Waals surface area contributed by atoms with Crippen LogP contribution in [0.5, 0.6) is 11.5 Å². The van der Waals surface area contributed by atoms with Crippen molar-refractivity contribution in [3.63, 3.8) is 0 Å². The molecule has 11 heteroatoms. The van der Waals surface area contributed by atoms with E-state index >= 15 is 0 Å². The maximum Gasteiger partial charge on any atom is 0.325 e. The van der Waals surface area contributed by atoms with E-state index in [0.717, 1.165) is 6.42 Å². The molecule has 2 aromatic rings. The van der Waals surface area contributed by atoms with E-state index in [0.29, 0.717) is 41.8 Å². The summed E-state index contributed by atoms with van der Waals surface area (Å²) in [5, 5.41) is 7.68. The van der Waals surface area contributed by atoms with Crippen molar-refractivity contribution in [1.29, 1.82) is 0 Å². The quantitative estimate of drug-likeness (QED) is 0.580. The van der Waals surface area contributed by atoms with Gasteiger partial charge in [0.1, 0.15) is 0 Å². The zero-order valence-corrected chi connectivity index (χ0v) is 20.2. The summed E-state index contributed by atoms with van der Waals surface area (Å²) >= 11 is 0. The SMILES string of the molecule is C[C@H]1CC(=O)Nc2ccccc2N1C(=O)CN(C)CC(=O)NC(=O)Nc1ccc2c(c1)OCCCO2. The molecule has 4 rings (SSSR count). The van der Waals surface area contributed by atoms with Crippen LogP contribution in [0, 0.1) is 0 Å². The first-order valence-corrected chi connectivity index (χ1v) is 11.7. The minimum absolute atomic E-state index is 0.0793. The lowest BCUT2D eigenvalue weighted by molar-refractivity contribution is -0.122. The molecule has 2 aliphatic rings. The summed E-state index contributed by atoms with van der Waals surface area (Å²) < 4.78 is 11.2. The van der Waals surface area contributed by atoms with Gasteiger partial charge in [0.2, 0.25) is 17.7 Å². The van der Waals surface area contributed by atoms with E-state index in [2.05, 4.69) is 16.0 Å². The molecule has 0 radical (unpaired) electrons. The maximum atomic E-state index is 13.1. The first-order valence-electron chi connectivity index (χ1n) is 11.7. The number of rotatable bonds is 5. The number of hydrogen-bond donors (Lipinski definition) is 3. The Labute approximate surface area is 208 Å². The number of imide groups is 1. The molecule has 0 unspecified atom stereocenters. The molecular formula is C25H29N5O6. The van der Waals surface area contributed by atoms with Gasteiger partial charge in [0.05, 0.1) is 37.7 Å². The number of nitrogens with one attached hydrogen (secondary N) is 3. The molecular weight excluding hydrogens is 466 g/mol. The summed E-state index contributed by atoms with van der Waals surface area (Å²) in [6, 6.07) is 11.0. The van der Waals surface area contributed by atoms with Gasteiger partial charge in [-0.25, -0.2) is 4.79 Å². The summed E-state index contributed by atoms with van der Waals surface area (Å²) in [7, 11) is 1.61. The molecule has 0 spiro atoms. The number of urea groups is 1. The lowest BCUT2D eigenvalue weighted by Gasteiger charge is -2.29. The van der Waals surface area contributed by atoms with Crippen molar-refractivity contribution in [2.45, 2.75) is 25.8 Å². The Morgan fingerprint density at radius 3 is 2.64 bits per heavy atom. The van der Waals surface area contributed by atoms with E-state index < -0.39 is 11.9 Å². The zero-order chi connectivity index (χ0) is 25.7. The minimum Gasteiger partial charge on any atom is -0.490 e. The Kier molecular flexibility index (Phi) is 7.69. The fraction of sp³-hybridized carbons (Fsp3) is 0.360. The van der Waals surface area contributed by atoms with Crippen molar-refractivity contribution >= 4 is 40.8 Å².